The molecule has 0 atom stereocenters. The van der Waals surface area contributed by atoms with Gasteiger partial charge in [0.15, 0.2) is 10.8 Å². The summed E-state index contributed by atoms with van der Waals surface area (Å²) in [6.45, 7) is 0.0566. The minimum atomic E-state index is 0.0566. The summed E-state index contributed by atoms with van der Waals surface area (Å²) in [6, 6.07) is 3.63. The minimum absolute atomic E-state index is 0.0566. The molecule has 0 saturated carbocycles. The standard InChI is InChI=1S/C9H8ClNO2S/c10-8-6(3-4-12)11-9(14-8)7-2-1-5-13-7/h1-2,5,12H,3-4H2. The number of aromatic nitrogens is 1. The molecule has 0 amide bonds. The number of furan rings is 1. The molecule has 0 spiro atoms. The van der Waals surface area contributed by atoms with Gasteiger partial charge in [-0.25, -0.2) is 4.98 Å². The number of aliphatic hydroxyl groups excluding tert-OH is 1. The summed E-state index contributed by atoms with van der Waals surface area (Å²) in [4.78, 5) is 4.27. The first-order valence-electron chi connectivity index (χ1n) is 4.11. The molecule has 0 unspecified atom stereocenters. The SMILES string of the molecule is OCCc1nc(-c2ccco2)sc1Cl. The summed E-state index contributed by atoms with van der Waals surface area (Å²) in [5, 5.41) is 9.52. The molecule has 0 aliphatic heterocycles. The fraction of sp³-hybridized carbons (Fsp3) is 0.222. The average Bonchev–Trinajstić information content (AvgIpc) is 2.76. The van der Waals surface area contributed by atoms with Crippen LogP contribution in [0.15, 0.2) is 22.8 Å². The van der Waals surface area contributed by atoms with Crippen LogP contribution in [0.4, 0.5) is 0 Å². The van der Waals surface area contributed by atoms with E-state index in [0.29, 0.717) is 16.5 Å². The topological polar surface area (TPSA) is 46.3 Å². The van der Waals surface area contributed by atoms with E-state index in [1.165, 1.54) is 11.3 Å². The van der Waals surface area contributed by atoms with Crippen LogP contribution >= 0.6 is 22.9 Å². The maximum atomic E-state index is 8.77. The molecule has 14 heavy (non-hydrogen) atoms. The van der Waals surface area contributed by atoms with Crippen LogP contribution < -0.4 is 0 Å². The van der Waals surface area contributed by atoms with E-state index in [1.807, 2.05) is 6.07 Å². The monoisotopic (exact) mass is 229 g/mol. The van der Waals surface area contributed by atoms with Gasteiger partial charge >= 0.3 is 0 Å². The van der Waals surface area contributed by atoms with Crippen molar-refractivity contribution in [2.24, 2.45) is 0 Å². The average molecular weight is 230 g/mol. The third kappa shape index (κ3) is 1.82. The number of hydrogen-bond acceptors (Lipinski definition) is 4. The fourth-order valence-corrected chi connectivity index (χ4v) is 2.26. The molecule has 2 rings (SSSR count). The second-order valence-corrected chi connectivity index (χ2v) is 4.29. The van der Waals surface area contributed by atoms with Crippen molar-refractivity contribution in [1.29, 1.82) is 0 Å². The summed E-state index contributed by atoms with van der Waals surface area (Å²) in [6.07, 6.45) is 2.08. The first-order valence-corrected chi connectivity index (χ1v) is 5.30. The molecule has 0 bridgehead atoms. The lowest BCUT2D eigenvalue weighted by Gasteiger charge is -1.89. The zero-order valence-corrected chi connectivity index (χ0v) is 8.81. The molecule has 0 fully saturated rings. The van der Waals surface area contributed by atoms with E-state index < -0.39 is 0 Å². The lowest BCUT2D eigenvalue weighted by atomic mass is 10.3. The Balaban J connectivity index is 2.33. The third-order valence-electron chi connectivity index (χ3n) is 1.73. The van der Waals surface area contributed by atoms with Crippen molar-refractivity contribution in [3.63, 3.8) is 0 Å². The second-order valence-electron chi connectivity index (χ2n) is 2.69. The van der Waals surface area contributed by atoms with Crippen LogP contribution in [0, 0.1) is 0 Å². The Kier molecular flexibility index (Phi) is 2.86. The molecule has 0 aromatic carbocycles. The van der Waals surface area contributed by atoms with Gasteiger partial charge in [-0.3, -0.25) is 0 Å². The highest BCUT2D eigenvalue weighted by Gasteiger charge is 2.11. The van der Waals surface area contributed by atoms with Gasteiger partial charge in [0.05, 0.1) is 12.0 Å². The van der Waals surface area contributed by atoms with Crippen LogP contribution in [0.3, 0.4) is 0 Å². The predicted molar refractivity (Wildman–Crippen MR) is 55.6 cm³/mol. The van der Waals surface area contributed by atoms with Gasteiger partial charge in [-0.2, -0.15) is 0 Å². The van der Waals surface area contributed by atoms with Gasteiger partial charge in [0.25, 0.3) is 0 Å². The van der Waals surface area contributed by atoms with E-state index in [0.717, 1.165) is 10.7 Å². The molecule has 2 heterocycles. The zero-order valence-electron chi connectivity index (χ0n) is 7.24. The molecule has 2 aromatic heterocycles. The Morgan fingerprint density at radius 1 is 1.57 bits per heavy atom. The fourth-order valence-electron chi connectivity index (χ4n) is 1.10. The number of aliphatic hydroxyl groups is 1. The molecule has 0 aliphatic rings. The van der Waals surface area contributed by atoms with Crippen molar-refractivity contribution in [2.75, 3.05) is 6.61 Å². The van der Waals surface area contributed by atoms with E-state index in [9.17, 15) is 0 Å². The van der Waals surface area contributed by atoms with Gasteiger partial charge in [-0.15, -0.1) is 0 Å². The van der Waals surface area contributed by atoms with E-state index >= 15 is 0 Å². The van der Waals surface area contributed by atoms with Crippen LogP contribution in [-0.2, 0) is 6.42 Å². The van der Waals surface area contributed by atoms with Crippen LogP contribution in [0.2, 0.25) is 4.34 Å². The summed E-state index contributed by atoms with van der Waals surface area (Å²) in [7, 11) is 0. The maximum absolute atomic E-state index is 8.77. The van der Waals surface area contributed by atoms with Crippen molar-refractivity contribution in [3.8, 4) is 10.8 Å². The van der Waals surface area contributed by atoms with Gasteiger partial charge in [0.1, 0.15) is 4.34 Å². The maximum Gasteiger partial charge on any atom is 0.162 e. The summed E-state index contributed by atoms with van der Waals surface area (Å²) in [5.74, 6) is 0.709. The molecular formula is C9H8ClNO2S. The van der Waals surface area contributed by atoms with Gasteiger partial charge in [-0.1, -0.05) is 22.9 Å². The molecule has 1 N–H and O–H groups in total. The number of thiazole rings is 1. The normalized spacial score (nSPS) is 10.7. The summed E-state index contributed by atoms with van der Waals surface area (Å²) >= 11 is 7.31. The van der Waals surface area contributed by atoms with Gasteiger partial charge in [-0.05, 0) is 12.1 Å². The van der Waals surface area contributed by atoms with Crippen molar-refractivity contribution in [3.05, 3.63) is 28.4 Å². The van der Waals surface area contributed by atoms with Crippen molar-refractivity contribution in [1.82, 2.24) is 4.98 Å². The van der Waals surface area contributed by atoms with Crippen LogP contribution in [0.25, 0.3) is 10.8 Å². The molecule has 0 saturated heterocycles. The lowest BCUT2D eigenvalue weighted by molar-refractivity contribution is 0.298. The minimum Gasteiger partial charge on any atom is -0.462 e. The third-order valence-corrected chi connectivity index (χ3v) is 3.08. The van der Waals surface area contributed by atoms with E-state index in [1.54, 1.807) is 12.3 Å². The van der Waals surface area contributed by atoms with Crippen molar-refractivity contribution in [2.45, 2.75) is 6.42 Å². The predicted octanol–water partition coefficient (Wildman–Crippen LogP) is 2.59. The van der Waals surface area contributed by atoms with Crippen molar-refractivity contribution < 1.29 is 9.52 Å². The number of hydrogen-bond donors (Lipinski definition) is 1. The molecule has 0 radical (unpaired) electrons. The van der Waals surface area contributed by atoms with E-state index in [2.05, 4.69) is 4.98 Å². The number of nitrogens with zero attached hydrogens (tertiary/aromatic N) is 1. The first kappa shape index (κ1) is 9.71. The van der Waals surface area contributed by atoms with E-state index in [4.69, 9.17) is 21.1 Å². The smallest absolute Gasteiger partial charge is 0.162 e. The zero-order chi connectivity index (χ0) is 9.97. The highest BCUT2D eigenvalue weighted by Crippen LogP contribution is 2.31. The summed E-state index contributed by atoms with van der Waals surface area (Å²) in [5.41, 5.74) is 0.727. The highest BCUT2D eigenvalue weighted by atomic mass is 35.5. The Morgan fingerprint density at radius 2 is 2.43 bits per heavy atom. The number of halogens is 1. The summed E-state index contributed by atoms with van der Waals surface area (Å²) < 4.78 is 5.81. The molecular weight excluding hydrogens is 222 g/mol. The van der Waals surface area contributed by atoms with Crippen LogP contribution in [0.5, 0.6) is 0 Å². The molecule has 74 valence electrons. The largest absolute Gasteiger partial charge is 0.462 e. The molecule has 0 aliphatic carbocycles. The van der Waals surface area contributed by atoms with E-state index in [-0.39, 0.29) is 6.61 Å². The van der Waals surface area contributed by atoms with Gasteiger partial charge in [0.2, 0.25) is 0 Å². The number of rotatable bonds is 3. The van der Waals surface area contributed by atoms with Crippen LogP contribution in [-0.4, -0.2) is 16.7 Å². The van der Waals surface area contributed by atoms with Crippen molar-refractivity contribution >= 4 is 22.9 Å². The Labute approximate surface area is 90.0 Å². The molecule has 2 aromatic rings. The Bertz CT molecular complexity index is 410. The first-order chi connectivity index (χ1) is 6.81. The Hall–Kier alpha value is -0.840. The van der Waals surface area contributed by atoms with Gasteiger partial charge in [0, 0.05) is 13.0 Å². The Morgan fingerprint density at radius 3 is 3.07 bits per heavy atom. The highest BCUT2D eigenvalue weighted by molar-refractivity contribution is 7.19. The quantitative estimate of drug-likeness (QED) is 0.880. The second kappa shape index (κ2) is 4.13. The van der Waals surface area contributed by atoms with Crippen LogP contribution in [0.1, 0.15) is 5.69 Å². The molecule has 5 heteroatoms. The molecule has 3 nitrogen and oxygen atoms in total. The lowest BCUT2D eigenvalue weighted by Crippen LogP contribution is -1.90. The van der Waals surface area contributed by atoms with Gasteiger partial charge < -0.3 is 9.52 Å².